The summed E-state index contributed by atoms with van der Waals surface area (Å²) in [5, 5.41) is 0. The van der Waals surface area contributed by atoms with Crippen LogP contribution in [0.3, 0.4) is 0 Å². The van der Waals surface area contributed by atoms with Crippen molar-refractivity contribution >= 4 is 36.2 Å². The van der Waals surface area contributed by atoms with E-state index in [1.54, 1.807) is 61.5 Å². The van der Waals surface area contributed by atoms with Crippen molar-refractivity contribution in [3.8, 4) is 11.5 Å². The van der Waals surface area contributed by atoms with E-state index < -0.39 is 11.9 Å². The van der Waals surface area contributed by atoms with E-state index in [1.165, 1.54) is 6.07 Å². The monoisotopic (exact) mass is 498 g/mol. The molecule has 6 heteroatoms. The Hall–Kier alpha value is -4.71. The highest BCUT2D eigenvalue weighted by molar-refractivity contribution is 5.87. The second-order valence-corrected chi connectivity index (χ2v) is 7.98. The Morgan fingerprint density at radius 3 is 1.97 bits per heavy atom. The van der Waals surface area contributed by atoms with E-state index in [2.05, 4.69) is 13.2 Å². The molecule has 0 N–H and O–H groups in total. The van der Waals surface area contributed by atoms with Gasteiger partial charge >= 0.3 is 11.9 Å². The number of halogens is 1. The lowest BCUT2D eigenvalue weighted by atomic mass is 10.1. The maximum Gasteiger partial charge on any atom is 0.335 e. The van der Waals surface area contributed by atoms with Gasteiger partial charge in [-0.1, -0.05) is 73.9 Å². The van der Waals surface area contributed by atoms with E-state index >= 15 is 0 Å². The average molecular weight is 499 g/mol. The predicted molar refractivity (Wildman–Crippen MR) is 144 cm³/mol. The molecule has 3 aromatic carbocycles. The third-order valence-corrected chi connectivity index (χ3v) is 5.03. The molecule has 0 saturated carbocycles. The van der Waals surface area contributed by atoms with Crippen LogP contribution < -0.4 is 9.47 Å². The Morgan fingerprint density at radius 2 is 1.38 bits per heavy atom. The third-order valence-electron chi connectivity index (χ3n) is 5.03. The van der Waals surface area contributed by atoms with Gasteiger partial charge in [0.2, 0.25) is 0 Å². The van der Waals surface area contributed by atoms with Crippen LogP contribution in [-0.4, -0.2) is 25.2 Å². The summed E-state index contributed by atoms with van der Waals surface area (Å²) in [6, 6.07) is 19.2. The van der Waals surface area contributed by atoms with Crippen LogP contribution in [-0.2, 0) is 14.3 Å². The number of ether oxygens (including phenoxy) is 3. The van der Waals surface area contributed by atoms with Crippen LogP contribution in [0.15, 0.2) is 91.5 Å². The number of hydrogen-bond donors (Lipinski definition) is 0. The Morgan fingerprint density at radius 1 is 0.811 bits per heavy atom. The van der Waals surface area contributed by atoms with Gasteiger partial charge < -0.3 is 14.2 Å². The van der Waals surface area contributed by atoms with Crippen LogP contribution in [0.5, 0.6) is 11.5 Å². The summed E-state index contributed by atoms with van der Waals surface area (Å²) in [5.74, 6) is -0.240. The largest absolute Gasteiger partial charge is 0.490 e. The molecule has 0 heterocycles. The zero-order valence-corrected chi connectivity index (χ0v) is 20.5. The first-order chi connectivity index (χ1) is 17.8. The molecule has 5 nitrogen and oxygen atoms in total. The second-order valence-electron chi connectivity index (χ2n) is 7.98. The quantitative estimate of drug-likeness (QED) is 0.0961. The Labute approximate surface area is 215 Å². The lowest BCUT2D eigenvalue weighted by molar-refractivity contribution is -0.139. The topological polar surface area (TPSA) is 61.8 Å². The predicted octanol–water partition coefficient (Wildman–Crippen LogP) is 6.76. The van der Waals surface area contributed by atoms with Crippen molar-refractivity contribution in [3.63, 3.8) is 0 Å². The van der Waals surface area contributed by atoms with Crippen molar-refractivity contribution in [3.05, 3.63) is 120 Å². The molecule has 3 rings (SSSR count). The van der Waals surface area contributed by atoms with Gasteiger partial charge in [0.25, 0.3) is 0 Å². The lowest BCUT2D eigenvalue weighted by Crippen LogP contribution is -2.12. The van der Waals surface area contributed by atoms with Gasteiger partial charge in [0.15, 0.2) is 0 Å². The van der Waals surface area contributed by atoms with Gasteiger partial charge in [-0.25, -0.2) is 14.0 Å². The molecule has 0 aliphatic rings. The highest BCUT2D eigenvalue weighted by atomic mass is 19.1. The van der Waals surface area contributed by atoms with Crippen LogP contribution in [0, 0.1) is 5.82 Å². The number of hydrogen-bond acceptors (Lipinski definition) is 5. The van der Waals surface area contributed by atoms with Gasteiger partial charge in [0, 0.05) is 17.2 Å². The summed E-state index contributed by atoms with van der Waals surface area (Å²) in [5.41, 5.74) is 3.28. The Kier molecular flexibility index (Phi) is 9.74. The summed E-state index contributed by atoms with van der Waals surface area (Å²) in [4.78, 5) is 22.6. The molecule has 37 heavy (non-hydrogen) atoms. The van der Waals surface area contributed by atoms with Gasteiger partial charge in [-0.15, -0.1) is 0 Å². The minimum Gasteiger partial charge on any atom is -0.490 e. The third kappa shape index (κ3) is 8.78. The van der Waals surface area contributed by atoms with E-state index in [0.29, 0.717) is 28.2 Å². The van der Waals surface area contributed by atoms with E-state index in [4.69, 9.17) is 14.2 Å². The van der Waals surface area contributed by atoms with Crippen molar-refractivity contribution < 1.29 is 28.2 Å². The molecule has 0 spiro atoms. The Balaban J connectivity index is 1.53. The number of benzene rings is 3. The molecule has 0 amide bonds. The highest BCUT2D eigenvalue weighted by Gasteiger charge is 2.03. The fourth-order valence-electron chi connectivity index (χ4n) is 3.06. The summed E-state index contributed by atoms with van der Waals surface area (Å²) < 4.78 is 30.2. The van der Waals surface area contributed by atoms with Crippen LogP contribution in [0.25, 0.3) is 24.3 Å². The number of carbonyl (C=O) groups excluding carboxylic acids is 2. The molecule has 0 bridgehead atoms. The Bertz CT molecular complexity index is 1320. The van der Waals surface area contributed by atoms with E-state index in [-0.39, 0.29) is 19.0 Å². The van der Waals surface area contributed by atoms with Gasteiger partial charge in [-0.2, -0.15) is 0 Å². The molecule has 0 aliphatic heterocycles. The van der Waals surface area contributed by atoms with Crippen LogP contribution in [0.4, 0.5) is 4.39 Å². The normalized spacial score (nSPS) is 10.9. The van der Waals surface area contributed by atoms with E-state index in [9.17, 15) is 14.0 Å². The number of carbonyl (C=O) groups is 2. The molecule has 3 aromatic rings. The molecule has 0 radical (unpaired) electrons. The van der Waals surface area contributed by atoms with Crippen molar-refractivity contribution in [2.45, 2.75) is 6.92 Å². The average Bonchev–Trinajstić information content (AvgIpc) is 2.90. The molecule has 0 aromatic heterocycles. The van der Waals surface area contributed by atoms with Gasteiger partial charge in [-0.3, -0.25) is 0 Å². The first kappa shape index (κ1) is 26.9. The first-order valence-electron chi connectivity index (χ1n) is 11.5. The fraction of sp³-hybridized carbons (Fsp3) is 0.0968. The summed E-state index contributed by atoms with van der Waals surface area (Å²) in [6.45, 7) is 8.84. The van der Waals surface area contributed by atoms with Crippen molar-refractivity contribution in [2.24, 2.45) is 0 Å². The van der Waals surface area contributed by atoms with Crippen molar-refractivity contribution in [2.75, 3.05) is 13.2 Å². The number of rotatable bonds is 11. The van der Waals surface area contributed by atoms with Gasteiger partial charge in [0.1, 0.15) is 30.5 Å². The SMILES string of the molecule is C=CC(=O)Oc1ccc(/C=C/c2ccc(/C=C/c3ccc(OCCOC(=O)C(=C)C)cc3)c(F)c2)cc1. The fourth-order valence-corrected chi connectivity index (χ4v) is 3.06. The minimum atomic E-state index is -0.519. The molecule has 0 saturated heterocycles. The van der Waals surface area contributed by atoms with Crippen LogP contribution in [0.1, 0.15) is 29.2 Å². The molecular weight excluding hydrogens is 471 g/mol. The standard InChI is InChI=1S/C31H27FO5/c1-4-30(33)37-28-17-11-23(12-18-28)5-6-25-8-14-26(29(32)21-25)13-7-24-9-15-27(16-10-24)35-19-20-36-31(34)22(2)3/h4-18,21H,1-2,19-20H2,3H3/b6-5+,13-7+. The minimum absolute atomic E-state index is 0.136. The zero-order valence-electron chi connectivity index (χ0n) is 20.5. The number of esters is 2. The molecule has 0 unspecified atom stereocenters. The smallest absolute Gasteiger partial charge is 0.335 e. The molecule has 0 atom stereocenters. The van der Waals surface area contributed by atoms with Crippen LogP contribution >= 0.6 is 0 Å². The second kappa shape index (κ2) is 13.4. The molecule has 0 fully saturated rings. The lowest BCUT2D eigenvalue weighted by Gasteiger charge is -2.07. The zero-order chi connectivity index (χ0) is 26.6. The van der Waals surface area contributed by atoms with Gasteiger partial charge in [0.05, 0.1) is 0 Å². The van der Waals surface area contributed by atoms with Crippen LogP contribution in [0.2, 0.25) is 0 Å². The summed E-state index contributed by atoms with van der Waals surface area (Å²) >= 11 is 0. The first-order valence-corrected chi connectivity index (χ1v) is 11.5. The summed E-state index contributed by atoms with van der Waals surface area (Å²) in [7, 11) is 0. The maximum absolute atomic E-state index is 14.6. The highest BCUT2D eigenvalue weighted by Crippen LogP contribution is 2.19. The maximum atomic E-state index is 14.6. The van der Waals surface area contributed by atoms with Crippen molar-refractivity contribution in [1.29, 1.82) is 0 Å². The van der Waals surface area contributed by atoms with E-state index in [1.807, 2.05) is 30.4 Å². The van der Waals surface area contributed by atoms with E-state index in [0.717, 1.165) is 17.2 Å². The molecule has 188 valence electrons. The summed E-state index contributed by atoms with van der Waals surface area (Å²) in [6.07, 6.45) is 8.27. The molecular formula is C31H27FO5. The molecule has 0 aliphatic carbocycles. The van der Waals surface area contributed by atoms with Gasteiger partial charge in [-0.05, 0) is 53.9 Å². The van der Waals surface area contributed by atoms with Crippen molar-refractivity contribution in [1.82, 2.24) is 0 Å².